The van der Waals surface area contributed by atoms with Crippen LogP contribution in [0, 0.1) is 23.7 Å². The van der Waals surface area contributed by atoms with Gasteiger partial charge in [-0.3, -0.25) is 0 Å². The fourth-order valence-electron chi connectivity index (χ4n) is 3.98. The lowest BCUT2D eigenvalue weighted by Gasteiger charge is -2.49. The smallest absolute Gasteiger partial charge is 0.0402 e. The Hall–Kier alpha value is -0.0800. The molecule has 0 aromatic carbocycles. The number of aliphatic hydroxyl groups is 2. The fraction of sp³-hybridized carbons (Fsp3) is 1.00. The van der Waals surface area contributed by atoms with Crippen LogP contribution in [0.2, 0.25) is 0 Å². The van der Waals surface area contributed by atoms with Crippen LogP contribution in [-0.4, -0.2) is 23.4 Å². The first-order chi connectivity index (χ1) is 7.73. The van der Waals surface area contributed by atoms with Crippen LogP contribution in [-0.2, 0) is 0 Å². The Bertz CT molecular complexity index is 121. The van der Waals surface area contributed by atoms with Gasteiger partial charge in [0, 0.05) is 13.2 Å². The monoisotopic (exact) mass is 228 g/mol. The first kappa shape index (κ1) is 14.0. The molecule has 0 aromatic heterocycles. The number of hydrogen-bond acceptors (Lipinski definition) is 2. The average Bonchev–Trinajstić information content (AvgIpc) is 2.17. The summed E-state index contributed by atoms with van der Waals surface area (Å²) in [6.45, 7) is 3.86. The maximum absolute atomic E-state index is 7.57. The molecule has 4 bridgehead atoms. The summed E-state index contributed by atoms with van der Waals surface area (Å²) in [6, 6.07) is 0. The van der Waals surface area contributed by atoms with E-state index >= 15 is 0 Å². The second-order valence-electron chi connectivity index (χ2n) is 5.51. The zero-order valence-corrected chi connectivity index (χ0v) is 10.9. The molecular weight excluding hydrogens is 200 g/mol. The van der Waals surface area contributed by atoms with Crippen molar-refractivity contribution >= 4 is 0 Å². The van der Waals surface area contributed by atoms with Crippen LogP contribution >= 0.6 is 0 Å². The van der Waals surface area contributed by atoms with Crippen LogP contribution in [0.15, 0.2) is 0 Å². The molecule has 0 aliphatic heterocycles. The van der Waals surface area contributed by atoms with Gasteiger partial charge in [0.15, 0.2) is 0 Å². The summed E-state index contributed by atoms with van der Waals surface area (Å²) in [4.78, 5) is 0. The SMILES string of the molecule is C1C2CC3CC1CC(C2)C3.CCO.CCO. The number of aliphatic hydroxyl groups excluding tert-OH is 2. The fourth-order valence-corrected chi connectivity index (χ4v) is 3.98. The van der Waals surface area contributed by atoms with Crippen LogP contribution < -0.4 is 0 Å². The Balaban J connectivity index is 0.000000185. The van der Waals surface area contributed by atoms with Crippen LogP contribution in [0.1, 0.15) is 52.4 Å². The highest BCUT2D eigenvalue weighted by Gasteiger charge is 2.41. The molecule has 0 atom stereocenters. The van der Waals surface area contributed by atoms with E-state index < -0.39 is 0 Å². The van der Waals surface area contributed by atoms with Gasteiger partial charge in [0.05, 0.1) is 0 Å². The van der Waals surface area contributed by atoms with Crippen LogP contribution in [0.25, 0.3) is 0 Å². The molecule has 4 fully saturated rings. The minimum absolute atomic E-state index is 0.250. The third-order valence-corrected chi connectivity index (χ3v) is 4.00. The molecule has 4 saturated carbocycles. The van der Waals surface area contributed by atoms with Crippen molar-refractivity contribution in [3.8, 4) is 0 Å². The van der Waals surface area contributed by atoms with Crippen molar-refractivity contribution in [1.82, 2.24) is 0 Å². The molecule has 2 heteroatoms. The summed E-state index contributed by atoms with van der Waals surface area (Å²) in [5.74, 6) is 4.71. The topological polar surface area (TPSA) is 40.5 Å². The lowest BCUT2D eigenvalue weighted by Crippen LogP contribution is -2.38. The molecule has 96 valence electrons. The summed E-state index contributed by atoms with van der Waals surface area (Å²) in [5, 5.41) is 15.1. The van der Waals surface area contributed by atoms with Gasteiger partial charge in [-0.05, 0) is 76.0 Å². The van der Waals surface area contributed by atoms with E-state index in [0.717, 1.165) is 0 Å². The van der Waals surface area contributed by atoms with Gasteiger partial charge in [0.25, 0.3) is 0 Å². The summed E-state index contributed by atoms with van der Waals surface area (Å²) >= 11 is 0. The molecule has 4 rings (SSSR count). The van der Waals surface area contributed by atoms with Gasteiger partial charge in [-0.15, -0.1) is 0 Å². The van der Waals surface area contributed by atoms with Crippen molar-refractivity contribution in [2.45, 2.75) is 52.4 Å². The van der Waals surface area contributed by atoms with Crippen LogP contribution in [0.3, 0.4) is 0 Å². The molecule has 0 aromatic rings. The highest BCUT2D eigenvalue weighted by molar-refractivity contribution is 4.92. The molecule has 2 N–H and O–H groups in total. The van der Waals surface area contributed by atoms with Gasteiger partial charge in [0.2, 0.25) is 0 Å². The Morgan fingerprint density at radius 2 is 0.750 bits per heavy atom. The molecule has 0 saturated heterocycles. The van der Waals surface area contributed by atoms with Crippen molar-refractivity contribution in [1.29, 1.82) is 0 Å². The maximum Gasteiger partial charge on any atom is 0.0402 e. The summed E-state index contributed by atoms with van der Waals surface area (Å²) in [5.41, 5.74) is 0. The molecule has 0 heterocycles. The third kappa shape index (κ3) is 4.06. The number of rotatable bonds is 0. The molecule has 4 aliphatic carbocycles. The lowest BCUT2D eigenvalue weighted by molar-refractivity contribution is 0.0198. The normalized spacial score (nSPS) is 38.2. The van der Waals surface area contributed by atoms with E-state index in [1.807, 2.05) is 0 Å². The van der Waals surface area contributed by atoms with Crippen molar-refractivity contribution in [2.75, 3.05) is 13.2 Å². The van der Waals surface area contributed by atoms with Gasteiger partial charge in [0.1, 0.15) is 0 Å². The first-order valence-corrected chi connectivity index (χ1v) is 6.95. The predicted octanol–water partition coefficient (Wildman–Crippen LogP) is 2.83. The van der Waals surface area contributed by atoms with Crippen molar-refractivity contribution in [2.24, 2.45) is 23.7 Å². The second-order valence-corrected chi connectivity index (χ2v) is 5.51. The van der Waals surface area contributed by atoms with Crippen molar-refractivity contribution < 1.29 is 10.2 Å². The standard InChI is InChI=1S/C10H16.2C2H6O/c1-7-2-9-4-8(1)5-10(3-7)6-9;2*1-2-3/h7-10H,1-6H2;2*3H,2H2,1H3. The molecule has 0 amide bonds. The molecule has 0 unspecified atom stereocenters. The van der Waals surface area contributed by atoms with E-state index in [-0.39, 0.29) is 13.2 Å². The second kappa shape index (κ2) is 7.29. The molecule has 4 aliphatic rings. The number of hydrogen-bond donors (Lipinski definition) is 2. The van der Waals surface area contributed by atoms with E-state index in [0.29, 0.717) is 0 Å². The Labute approximate surface area is 100 Å². The average molecular weight is 228 g/mol. The predicted molar refractivity (Wildman–Crippen MR) is 67.2 cm³/mol. The minimum atomic E-state index is 0.250. The molecular formula is C14H28O2. The van der Waals surface area contributed by atoms with Gasteiger partial charge in [-0.2, -0.15) is 0 Å². The van der Waals surface area contributed by atoms with Gasteiger partial charge in [-0.25, -0.2) is 0 Å². The minimum Gasteiger partial charge on any atom is -0.397 e. The quantitative estimate of drug-likeness (QED) is 0.669. The van der Waals surface area contributed by atoms with E-state index in [2.05, 4.69) is 0 Å². The third-order valence-electron chi connectivity index (χ3n) is 4.00. The van der Waals surface area contributed by atoms with Gasteiger partial charge in [-0.1, -0.05) is 0 Å². The lowest BCUT2D eigenvalue weighted by atomic mass is 9.56. The van der Waals surface area contributed by atoms with Crippen LogP contribution in [0.5, 0.6) is 0 Å². The zero-order chi connectivity index (χ0) is 12.0. The van der Waals surface area contributed by atoms with Gasteiger partial charge < -0.3 is 10.2 Å². The zero-order valence-electron chi connectivity index (χ0n) is 10.9. The highest BCUT2D eigenvalue weighted by Crippen LogP contribution is 2.53. The summed E-state index contributed by atoms with van der Waals surface area (Å²) < 4.78 is 0. The molecule has 2 nitrogen and oxygen atoms in total. The summed E-state index contributed by atoms with van der Waals surface area (Å²) in [7, 11) is 0. The van der Waals surface area contributed by atoms with E-state index in [1.54, 1.807) is 52.4 Å². The van der Waals surface area contributed by atoms with Crippen molar-refractivity contribution in [3.63, 3.8) is 0 Å². The van der Waals surface area contributed by atoms with E-state index in [4.69, 9.17) is 10.2 Å². The molecule has 0 spiro atoms. The van der Waals surface area contributed by atoms with Gasteiger partial charge >= 0.3 is 0 Å². The summed E-state index contributed by atoms with van der Waals surface area (Å²) in [6.07, 6.45) is 9.62. The Morgan fingerprint density at radius 1 is 0.625 bits per heavy atom. The first-order valence-electron chi connectivity index (χ1n) is 6.95. The molecule has 16 heavy (non-hydrogen) atoms. The maximum atomic E-state index is 7.57. The highest BCUT2D eigenvalue weighted by atomic mass is 16.3. The largest absolute Gasteiger partial charge is 0.397 e. The van der Waals surface area contributed by atoms with Crippen LogP contribution in [0.4, 0.5) is 0 Å². The Kier molecular flexibility index (Phi) is 6.37. The van der Waals surface area contributed by atoms with Crippen molar-refractivity contribution in [3.05, 3.63) is 0 Å². The van der Waals surface area contributed by atoms with E-state index in [9.17, 15) is 0 Å². The molecule has 0 radical (unpaired) electrons. The Morgan fingerprint density at radius 3 is 0.875 bits per heavy atom. The van der Waals surface area contributed by atoms with E-state index in [1.165, 1.54) is 23.7 Å².